The minimum absolute atomic E-state index is 0.0609. The van der Waals surface area contributed by atoms with E-state index < -0.39 is 0 Å². The van der Waals surface area contributed by atoms with Gasteiger partial charge in [0.1, 0.15) is 0 Å². The van der Waals surface area contributed by atoms with Gasteiger partial charge in [-0.3, -0.25) is 9.59 Å². The minimum atomic E-state index is -0.373. The van der Waals surface area contributed by atoms with Crippen molar-refractivity contribution in [2.24, 2.45) is 0 Å². The van der Waals surface area contributed by atoms with Gasteiger partial charge in [0.05, 0.1) is 10.9 Å². The van der Waals surface area contributed by atoms with Crippen molar-refractivity contribution in [2.75, 3.05) is 11.9 Å². The van der Waals surface area contributed by atoms with Crippen LogP contribution in [-0.2, 0) is 15.0 Å². The molecule has 1 unspecified atom stereocenters. The maximum atomic E-state index is 12.4. The lowest BCUT2D eigenvalue weighted by Gasteiger charge is -2.24. The van der Waals surface area contributed by atoms with Gasteiger partial charge in [0.25, 0.3) is 0 Å². The molecule has 1 fully saturated rings. The molecule has 2 aliphatic rings. The van der Waals surface area contributed by atoms with E-state index in [0.29, 0.717) is 6.54 Å². The first-order valence-corrected chi connectivity index (χ1v) is 9.43. The summed E-state index contributed by atoms with van der Waals surface area (Å²) in [6, 6.07) is 18.0. The fourth-order valence-corrected chi connectivity index (χ4v) is 4.36. The van der Waals surface area contributed by atoms with Crippen LogP contribution >= 0.6 is 11.8 Å². The first-order chi connectivity index (χ1) is 12.2. The first kappa shape index (κ1) is 16.2. The van der Waals surface area contributed by atoms with Gasteiger partial charge in [-0.1, -0.05) is 42.5 Å². The number of nitrogens with one attached hydrogen (secondary N) is 2. The molecule has 2 aromatic rings. The van der Waals surface area contributed by atoms with Gasteiger partial charge in [-0.15, -0.1) is 11.8 Å². The van der Waals surface area contributed by atoms with Crippen molar-refractivity contribution >= 4 is 29.3 Å². The zero-order chi connectivity index (χ0) is 17.3. The predicted molar refractivity (Wildman–Crippen MR) is 99.7 cm³/mol. The zero-order valence-corrected chi connectivity index (χ0v) is 14.6. The van der Waals surface area contributed by atoms with Crippen molar-refractivity contribution in [3.8, 4) is 0 Å². The molecule has 1 aliphatic heterocycles. The number of hydrogen-bond donors (Lipinski definition) is 2. The Balaban J connectivity index is 1.35. The quantitative estimate of drug-likeness (QED) is 0.868. The molecule has 5 heteroatoms. The molecule has 1 aliphatic carbocycles. The number of para-hydroxylation sites is 1. The molecule has 0 saturated heterocycles. The molecule has 4 rings (SSSR count). The number of hydrogen-bond acceptors (Lipinski definition) is 3. The van der Waals surface area contributed by atoms with Gasteiger partial charge in [-0.25, -0.2) is 0 Å². The second-order valence-electron chi connectivity index (χ2n) is 6.72. The Labute approximate surface area is 151 Å². The Morgan fingerprint density at radius 3 is 2.60 bits per heavy atom. The van der Waals surface area contributed by atoms with E-state index in [1.165, 1.54) is 17.3 Å². The number of rotatable bonds is 5. The van der Waals surface area contributed by atoms with E-state index in [2.05, 4.69) is 22.8 Å². The third-order valence-corrected chi connectivity index (χ3v) is 6.22. The average molecular weight is 352 g/mol. The molecule has 128 valence electrons. The summed E-state index contributed by atoms with van der Waals surface area (Å²) in [6.07, 6.45) is 2.41. The molecule has 25 heavy (non-hydrogen) atoms. The monoisotopic (exact) mass is 352 g/mol. The summed E-state index contributed by atoms with van der Waals surface area (Å²) < 4.78 is 0. The van der Waals surface area contributed by atoms with Crippen LogP contribution in [0.1, 0.15) is 24.8 Å². The standard InChI is InChI=1S/C20H20N2O2S/c23-18(21-13-20(10-11-20)14-6-2-1-3-7-14)12-17-19(24)22-15-8-4-5-9-16(15)25-17/h1-9,17H,10-13H2,(H,21,23)(H,22,24). The second-order valence-corrected chi connectivity index (χ2v) is 7.96. The van der Waals surface area contributed by atoms with Crippen molar-refractivity contribution in [1.29, 1.82) is 0 Å². The number of fused-ring (bicyclic) bond motifs is 1. The van der Waals surface area contributed by atoms with Crippen LogP contribution in [0.25, 0.3) is 0 Å². The van der Waals surface area contributed by atoms with Crippen LogP contribution in [0.15, 0.2) is 59.5 Å². The van der Waals surface area contributed by atoms with Crippen molar-refractivity contribution in [3.63, 3.8) is 0 Å². The Morgan fingerprint density at radius 1 is 1.12 bits per heavy atom. The molecule has 0 radical (unpaired) electrons. The predicted octanol–water partition coefficient (Wildman–Crippen LogP) is 3.34. The SMILES string of the molecule is O=C(CC1Sc2ccccc2NC1=O)NCC1(c2ccccc2)CC1. The fourth-order valence-electron chi connectivity index (χ4n) is 3.25. The maximum Gasteiger partial charge on any atom is 0.238 e. The van der Waals surface area contributed by atoms with Crippen molar-refractivity contribution in [2.45, 2.75) is 34.8 Å². The van der Waals surface area contributed by atoms with Crippen LogP contribution in [-0.4, -0.2) is 23.6 Å². The highest BCUT2D eigenvalue weighted by atomic mass is 32.2. The number of carbonyl (C=O) groups is 2. The van der Waals surface area contributed by atoms with Gasteiger partial charge >= 0.3 is 0 Å². The molecule has 1 saturated carbocycles. The second kappa shape index (κ2) is 6.56. The highest BCUT2D eigenvalue weighted by Crippen LogP contribution is 2.47. The van der Waals surface area contributed by atoms with E-state index in [0.717, 1.165) is 23.4 Å². The normalized spacial score (nSPS) is 20.3. The largest absolute Gasteiger partial charge is 0.355 e. The molecule has 4 nitrogen and oxygen atoms in total. The summed E-state index contributed by atoms with van der Waals surface area (Å²) >= 11 is 1.47. The number of anilines is 1. The lowest BCUT2D eigenvalue weighted by molar-refractivity contribution is -0.124. The van der Waals surface area contributed by atoms with E-state index in [1.807, 2.05) is 42.5 Å². The zero-order valence-electron chi connectivity index (χ0n) is 13.8. The van der Waals surface area contributed by atoms with Crippen LogP contribution in [0.5, 0.6) is 0 Å². The van der Waals surface area contributed by atoms with Gasteiger partial charge in [0.2, 0.25) is 11.8 Å². The van der Waals surface area contributed by atoms with Crippen LogP contribution in [0, 0.1) is 0 Å². The number of carbonyl (C=O) groups excluding carboxylic acids is 2. The molecule has 0 bridgehead atoms. The highest BCUT2D eigenvalue weighted by molar-refractivity contribution is 8.01. The van der Waals surface area contributed by atoms with Gasteiger partial charge in [0, 0.05) is 23.3 Å². The highest BCUT2D eigenvalue weighted by Gasteiger charge is 2.44. The van der Waals surface area contributed by atoms with Gasteiger partial charge in [-0.05, 0) is 30.5 Å². The third kappa shape index (κ3) is 3.42. The molecule has 2 amide bonds. The Bertz CT molecular complexity index is 802. The summed E-state index contributed by atoms with van der Waals surface area (Å²) in [7, 11) is 0. The van der Waals surface area contributed by atoms with Gasteiger partial charge in [0.15, 0.2) is 0 Å². The maximum absolute atomic E-state index is 12.4. The summed E-state index contributed by atoms with van der Waals surface area (Å²) in [5.74, 6) is -0.155. The smallest absolute Gasteiger partial charge is 0.238 e. The van der Waals surface area contributed by atoms with E-state index in [1.54, 1.807) is 0 Å². The summed E-state index contributed by atoms with van der Waals surface area (Å²) in [4.78, 5) is 25.6. The topological polar surface area (TPSA) is 58.2 Å². The van der Waals surface area contributed by atoms with E-state index in [-0.39, 0.29) is 28.9 Å². The minimum Gasteiger partial charge on any atom is -0.355 e. The first-order valence-electron chi connectivity index (χ1n) is 8.55. The van der Waals surface area contributed by atoms with Crippen LogP contribution in [0.4, 0.5) is 5.69 Å². The molecular weight excluding hydrogens is 332 g/mol. The summed E-state index contributed by atoms with van der Waals surface area (Å²) in [5.41, 5.74) is 2.20. The van der Waals surface area contributed by atoms with Crippen LogP contribution in [0.2, 0.25) is 0 Å². The van der Waals surface area contributed by atoms with Crippen molar-refractivity contribution in [3.05, 3.63) is 60.2 Å². The Morgan fingerprint density at radius 2 is 1.84 bits per heavy atom. The molecule has 1 atom stereocenters. The lowest BCUT2D eigenvalue weighted by Crippen LogP contribution is -2.37. The van der Waals surface area contributed by atoms with Crippen LogP contribution in [0.3, 0.4) is 0 Å². The Kier molecular flexibility index (Phi) is 4.25. The van der Waals surface area contributed by atoms with E-state index in [9.17, 15) is 9.59 Å². The lowest BCUT2D eigenvalue weighted by atomic mass is 9.96. The number of thioether (sulfide) groups is 1. The molecule has 2 N–H and O–H groups in total. The van der Waals surface area contributed by atoms with E-state index in [4.69, 9.17) is 0 Å². The molecule has 1 heterocycles. The summed E-state index contributed by atoms with van der Waals surface area (Å²) in [5, 5.41) is 5.56. The van der Waals surface area contributed by atoms with Gasteiger partial charge < -0.3 is 10.6 Å². The summed E-state index contributed by atoms with van der Waals surface area (Å²) in [6.45, 7) is 0.644. The van der Waals surface area contributed by atoms with Crippen LogP contribution < -0.4 is 10.6 Å². The fraction of sp³-hybridized carbons (Fsp3) is 0.300. The number of benzene rings is 2. The van der Waals surface area contributed by atoms with Crippen molar-refractivity contribution in [1.82, 2.24) is 5.32 Å². The number of amides is 2. The third-order valence-electron chi connectivity index (χ3n) is 4.94. The average Bonchev–Trinajstić information content (AvgIpc) is 3.43. The molecule has 2 aromatic carbocycles. The van der Waals surface area contributed by atoms with Crippen molar-refractivity contribution < 1.29 is 9.59 Å². The Hall–Kier alpha value is -2.27. The molecular formula is C20H20N2O2S. The molecule has 0 spiro atoms. The van der Waals surface area contributed by atoms with Gasteiger partial charge in [-0.2, -0.15) is 0 Å². The van der Waals surface area contributed by atoms with E-state index >= 15 is 0 Å². The molecule has 0 aromatic heterocycles.